The molecular formula is C4H5NS. The highest BCUT2D eigenvalue weighted by atomic mass is 32.2. The molecule has 0 radical (unpaired) electrons. The SMILES string of the molecule is C=CCSC#N. The van der Waals surface area contributed by atoms with Crippen LogP contribution in [-0.2, 0) is 0 Å². The molecule has 0 atom stereocenters. The maximum Gasteiger partial charge on any atom is 0.133 e. The van der Waals surface area contributed by atoms with E-state index in [9.17, 15) is 0 Å². The molecule has 0 aliphatic rings. The van der Waals surface area contributed by atoms with Crippen LogP contribution in [0, 0.1) is 10.7 Å². The zero-order valence-corrected chi connectivity index (χ0v) is 4.16. The van der Waals surface area contributed by atoms with Crippen LogP contribution < -0.4 is 0 Å². The molecule has 6 heavy (non-hydrogen) atoms. The summed E-state index contributed by atoms with van der Waals surface area (Å²) in [5.41, 5.74) is 0. The number of rotatable bonds is 2. The van der Waals surface area contributed by atoms with E-state index in [4.69, 9.17) is 5.26 Å². The Hall–Kier alpha value is -0.420. The van der Waals surface area contributed by atoms with Gasteiger partial charge in [-0.3, -0.25) is 0 Å². The third-order valence-corrected chi connectivity index (χ3v) is 0.797. The van der Waals surface area contributed by atoms with Crippen LogP contribution in [-0.4, -0.2) is 5.75 Å². The van der Waals surface area contributed by atoms with Gasteiger partial charge >= 0.3 is 0 Å². The van der Waals surface area contributed by atoms with E-state index in [1.165, 1.54) is 11.8 Å². The van der Waals surface area contributed by atoms with Crippen molar-refractivity contribution in [1.82, 2.24) is 0 Å². The fourth-order valence-electron chi connectivity index (χ4n) is 0.0962. The van der Waals surface area contributed by atoms with Crippen molar-refractivity contribution >= 4 is 11.8 Å². The molecule has 0 aromatic rings. The molecule has 0 rings (SSSR count). The van der Waals surface area contributed by atoms with Crippen LogP contribution in [0.15, 0.2) is 12.7 Å². The number of hydrogen-bond acceptors (Lipinski definition) is 2. The average molecular weight is 99.2 g/mol. The number of hydrogen-bond donors (Lipinski definition) is 0. The number of thioether (sulfide) groups is 1. The predicted molar refractivity (Wildman–Crippen MR) is 28.3 cm³/mol. The highest BCUT2D eigenvalue weighted by Crippen LogP contribution is 1.92. The molecule has 0 aromatic carbocycles. The third-order valence-electron chi connectivity index (χ3n) is 0.266. The first-order valence-corrected chi connectivity index (χ1v) is 2.52. The zero-order valence-electron chi connectivity index (χ0n) is 3.35. The van der Waals surface area contributed by atoms with Crippen molar-refractivity contribution in [3.63, 3.8) is 0 Å². The summed E-state index contributed by atoms with van der Waals surface area (Å²) >= 11 is 1.20. The Morgan fingerprint density at radius 1 is 2.00 bits per heavy atom. The number of nitriles is 1. The van der Waals surface area contributed by atoms with Gasteiger partial charge in [0, 0.05) is 5.75 Å². The second-order valence-electron chi connectivity index (χ2n) is 0.691. The van der Waals surface area contributed by atoms with Crippen LogP contribution in [0.4, 0.5) is 0 Å². The first kappa shape index (κ1) is 5.58. The van der Waals surface area contributed by atoms with Crippen LogP contribution in [0.5, 0.6) is 0 Å². The lowest BCUT2D eigenvalue weighted by atomic mass is 10.8. The van der Waals surface area contributed by atoms with E-state index in [2.05, 4.69) is 6.58 Å². The zero-order chi connectivity index (χ0) is 4.83. The predicted octanol–water partition coefficient (Wildman–Crippen LogP) is 1.39. The van der Waals surface area contributed by atoms with Gasteiger partial charge in [0.05, 0.1) is 0 Å². The summed E-state index contributed by atoms with van der Waals surface area (Å²) in [6, 6.07) is 0. The van der Waals surface area contributed by atoms with E-state index in [0.29, 0.717) is 0 Å². The van der Waals surface area contributed by atoms with Gasteiger partial charge in [-0.1, -0.05) is 6.08 Å². The van der Waals surface area contributed by atoms with Crippen molar-refractivity contribution in [3.8, 4) is 5.40 Å². The van der Waals surface area contributed by atoms with Crippen molar-refractivity contribution in [1.29, 1.82) is 5.26 Å². The summed E-state index contributed by atoms with van der Waals surface area (Å²) in [4.78, 5) is 0. The molecule has 32 valence electrons. The van der Waals surface area contributed by atoms with Gasteiger partial charge in [-0.2, -0.15) is 5.26 Å². The summed E-state index contributed by atoms with van der Waals surface area (Å²) in [6.45, 7) is 3.43. The minimum Gasteiger partial charge on any atom is -0.185 e. The van der Waals surface area contributed by atoms with E-state index in [0.717, 1.165) is 5.75 Å². The first-order valence-electron chi connectivity index (χ1n) is 1.53. The lowest BCUT2D eigenvalue weighted by Crippen LogP contribution is -1.57. The Labute approximate surface area is 41.7 Å². The lowest BCUT2D eigenvalue weighted by Gasteiger charge is -1.70. The first-order chi connectivity index (χ1) is 2.91. The topological polar surface area (TPSA) is 23.8 Å². The second kappa shape index (κ2) is 4.58. The molecule has 0 N–H and O–H groups in total. The van der Waals surface area contributed by atoms with Gasteiger partial charge in [0.15, 0.2) is 0 Å². The lowest BCUT2D eigenvalue weighted by molar-refractivity contribution is 1.57. The van der Waals surface area contributed by atoms with Gasteiger partial charge in [0.2, 0.25) is 0 Å². The molecule has 0 aliphatic carbocycles. The van der Waals surface area contributed by atoms with Crippen molar-refractivity contribution in [2.24, 2.45) is 0 Å². The van der Waals surface area contributed by atoms with Crippen molar-refractivity contribution < 1.29 is 0 Å². The van der Waals surface area contributed by atoms with E-state index in [1.807, 2.05) is 5.40 Å². The van der Waals surface area contributed by atoms with E-state index >= 15 is 0 Å². The van der Waals surface area contributed by atoms with Gasteiger partial charge in [-0.25, -0.2) is 0 Å². The van der Waals surface area contributed by atoms with Crippen LogP contribution in [0.2, 0.25) is 0 Å². The quantitative estimate of drug-likeness (QED) is 0.297. The minimum absolute atomic E-state index is 0.733. The summed E-state index contributed by atoms with van der Waals surface area (Å²) in [5, 5.41) is 9.78. The van der Waals surface area contributed by atoms with Crippen LogP contribution in [0.3, 0.4) is 0 Å². The molecule has 0 aromatic heterocycles. The van der Waals surface area contributed by atoms with E-state index in [-0.39, 0.29) is 0 Å². The number of nitrogens with zero attached hydrogens (tertiary/aromatic N) is 1. The summed E-state index contributed by atoms with van der Waals surface area (Å²) in [6.07, 6.45) is 1.70. The van der Waals surface area contributed by atoms with Crippen molar-refractivity contribution in [2.75, 3.05) is 5.75 Å². The highest BCUT2D eigenvalue weighted by molar-refractivity contribution is 8.03. The molecule has 2 heteroatoms. The molecule has 0 unspecified atom stereocenters. The largest absolute Gasteiger partial charge is 0.185 e. The smallest absolute Gasteiger partial charge is 0.133 e. The normalized spacial score (nSPS) is 6.50. The fraction of sp³-hybridized carbons (Fsp3) is 0.250. The van der Waals surface area contributed by atoms with Gasteiger partial charge < -0.3 is 0 Å². The molecule has 0 saturated carbocycles. The molecule has 0 heterocycles. The molecule has 0 amide bonds. The standard InChI is InChI=1S/C4H5NS/c1-2-3-6-4-5/h2H,1,3H2. The molecule has 1 nitrogen and oxygen atoms in total. The van der Waals surface area contributed by atoms with Crippen molar-refractivity contribution in [3.05, 3.63) is 12.7 Å². The minimum atomic E-state index is 0.733. The summed E-state index contributed by atoms with van der Waals surface area (Å²) in [5.74, 6) is 0.733. The third kappa shape index (κ3) is 3.58. The van der Waals surface area contributed by atoms with Gasteiger partial charge in [0.1, 0.15) is 5.40 Å². The Balaban J connectivity index is 2.72. The molecule has 0 fully saturated rings. The Morgan fingerprint density at radius 2 is 2.67 bits per heavy atom. The fourth-order valence-corrected chi connectivity index (χ4v) is 0.289. The Morgan fingerprint density at radius 3 is 2.83 bits per heavy atom. The molecule has 0 aliphatic heterocycles. The Kier molecular flexibility index (Phi) is 4.26. The summed E-state index contributed by atoms with van der Waals surface area (Å²) in [7, 11) is 0. The van der Waals surface area contributed by atoms with Gasteiger partial charge in [-0.05, 0) is 11.8 Å². The maximum atomic E-state index is 7.86. The van der Waals surface area contributed by atoms with Crippen LogP contribution in [0.1, 0.15) is 0 Å². The number of thiocyanates is 1. The Bertz CT molecular complexity index is 72.1. The maximum absolute atomic E-state index is 7.86. The highest BCUT2D eigenvalue weighted by Gasteiger charge is 1.69. The molecule has 0 saturated heterocycles. The molecule has 0 spiro atoms. The van der Waals surface area contributed by atoms with Gasteiger partial charge in [-0.15, -0.1) is 6.58 Å². The van der Waals surface area contributed by atoms with Crippen molar-refractivity contribution in [2.45, 2.75) is 0 Å². The molecule has 0 bridgehead atoms. The van der Waals surface area contributed by atoms with Gasteiger partial charge in [0.25, 0.3) is 0 Å². The van der Waals surface area contributed by atoms with E-state index in [1.54, 1.807) is 6.08 Å². The van der Waals surface area contributed by atoms with Crippen LogP contribution in [0.25, 0.3) is 0 Å². The second-order valence-corrected chi connectivity index (χ2v) is 1.50. The average Bonchev–Trinajstić information content (AvgIpc) is 1.61. The summed E-state index contributed by atoms with van der Waals surface area (Å²) < 4.78 is 0. The van der Waals surface area contributed by atoms with E-state index < -0.39 is 0 Å². The van der Waals surface area contributed by atoms with Crippen LogP contribution >= 0.6 is 11.8 Å². The molecular weight excluding hydrogens is 94.1 g/mol. The monoisotopic (exact) mass is 99.0 g/mol.